The van der Waals surface area contributed by atoms with Gasteiger partial charge in [-0.15, -0.1) is 0 Å². The van der Waals surface area contributed by atoms with Gasteiger partial charge in [0.15, 0.2) is 0 Å². The molecule has 4 nitrogen and oxygen atoms in total. The molecule has 3 rings (SSSR count). The minimum atomic E-state index is -0.187. The quantitative estimate of drug-likeness (QED) is 0.936. The van der Waals surface area contributed by atoms with Gasteiger partial charge >= 0.3 is 0 Å². The molecule has 0 radical (unpaired) electrons. The van der Waals surface area contributed by atoms with Crippen molar-refractivity contribution >= 4 is 5.82 Å². The summed E-state index contributed by atoms with van der Waals surface area (Å²) in [5, 5.41) is 0. The normalized spacial score (nSPS) is 16.1. The van der Waals surface area contributed by atoms with Crippen molar-refractivity contribution in [1.82, 2.24) is 9.88 Å². The molecule has 2 heterocycles. The van der Waals surface area contributed by atoms with Crippen molar-refractivity contribution in [1.29, 1.82) is 0 Å². The number of piperazine rings is 1. The number of halogens is 1. The zero-order valence-corrected chi connectivity index (χ0v) is 11.8. The van der Waals surface area contributed by atoms with Crippen LogP contribution in [0.1, 0.15) is 5.56 Å². The molecule has 2 aromatic rings. The molecule has 1 aromatic carbocycles. The van der Waals surface area contributed by atoms with Gasteiger partial charge in [-0.1, -0.05) is 18.2 Å². The molecule has 0 unspecified atom stereocenters. The smallest absolute Gasteiger partial charge is 0.249 e. The Hall–Kier alpha value is -2.14. The van der Waals surface area contributed by atoms with Crippen LogP contribution in [0.4, 0.5) is 10.2 Å². The van der Waals surface area contributed by atoms with Gasteiger partial charge in [0.05, 0.1) is 0 Å². The molecular weight excluding hydrogens is 269 g/mol. The molecule has 1 saturated heterocycles. The van der Waals surface area contributed by atoms with Crippen LogP contribution in [0.25, 0.3) is 0 Å². The number of aromatic amines is 1. The first-order chi connectivity index (χ1) is 10.2. The Kier molecular flexibility index (Phi) is 4.01. The summed E-state index contributed by atoms with van der Waals surface area (Å²) in [6.07, 6.45) is 0. The summed E-state index contributed by atoms with van der Waals surface area (Å²) in [7, 11) is 0. The Balaban J connectivity index is 1.59. The van der Waals surface area contributed by atoms with Crippen molar-refractivity contribution < 1.29 is 4.39 Å². The molecule has 0 bridgehead atoms. The van der Waals surface area contributed by atoms with E-state index < -0.39 is 0 Å². The van der Waals surface area contributed by atoms with Gasteiger partial charge in [-0.05, 0) is 23.8 Å². The summed E-state index contributed by atoms with van der Waals surface area (Å²) in [6.45, 7) is 4.27. The first-order valence-corrected chi connectivity index (χ1v) is 7.12. The van der Waals surface area contributed by atoms with Crippen molar-refractivity contribution in [3.63, 3.8) is 0 Å². The number of anilines is 1. The number of pyridine rings is 1. The summed E-state index contributed by atoms with van der Waals surface area (Å²) in [6, 6.07) is 12.0. The van der Waals surface area contributed by atoms with E-state index in [1.54, 1.807) is 18.2 Å². The Morgan fingerprint density at radius 1 is 1.05 bits per heavy atom. The van der Waals surface area contributed by atoms with Crippen molar-refractivity contribution in [3.8, 4) is 0 Å². The lowest BCUT2D eigenvalue weighted by atomic mass is 10.2. The van der Waals surface area contributed by atoms with Gasteiger partial charge < -0.3 is 9.88 Å². The predicted octanol–water partition coefficient (Wildman–Crippen LogP) is 1.84. The summed E-state index contributed by atoms with van der Waals surface area (Å²) >= 11 is 0. The maximum Gasteiger partial charge on any atom is 0.249 e. The van der Waals surface area contributed by atoms with Crippen LogP contribution in [0.15, 0.2) is 47.3 Å². The van der Waals surface area contributed by atoms with Crippen molar-refractivity contribution in [3.05, 3.63) is 64.2 Å². The fraction of sp³-hybridized carbons (Fsp3) is 0.312. The summed E-state index contributed by atoms with van der Waals surface area (Å²) in [5.74, 6) is 0.681. The number of hydrogen-bond donors (Lipinski definition) is 1. The van der Waals surface area contributed by atoms with Gasteiger partial charge in [-0.25, -0.2) is 4.39 Å². The molecule has 0 amide bonds. The third-order valence-electron chi connectivity index (χ3n) is 3.76. The molecule has 0 spiro atoms. The highest BCUT2D eigenvalue weighted by atomic mass is 19.1. The highest BCUT2D eigenvalue weighted by molar-refractivity contribution is 5.38. The number of nitrogens with zero attached hydrogens (tertiary/aromatic N) is 2. The van der Waals surface area contributed by atoms with E-state index >= 15 is 0 Å². The topological polar surface area (TPSA) is 39.3 Å². The largest absolute Gasteiger partial charge is 0.356 e. The van der Waals surface area contributed by atoms with Gasteiger partial charge in [0.2, 0.25) is 5.56 Å². The highest BCUT2D eigenvalue weighted by Gasteiger charge is 2.17. The van der Waals surface area contributed by atoms with E-state index in [1.165, 1.54) is 12.1 Å². The van der Waals surface area contributed by atoms with Crippen molar-refractivity contribution in [2.24, 2.45) is 0 Å². The molecule has 1 aliphatic rings. The van der Waals surface area contributed by atoms with Crippen LogP contribution in [0.3, 0.4) is 0 Å². The lowest BCUT2D eigenvalue weighted by Crippen LogP contribution is -2.46. The van der Waals surface area contributed by atoms with E-state index in [0.717, 1.165) is 44.1 Å². The third-order valence-corrected chi connectivity index (χ3v) is 3.76. The second-order valence-electron chi connectivity index (χ2n) is 5.29. The van der Waals surface area contributed by atoms with Gasteiger partial charge in [0, 0.05) is 38.8 Å². The summed E-state index contributed by atoms with van der Waals surface area (Å²) in [4.78, 5) is 18.7. The van der Waals surface area contributed by atoms with Gasteiger partial charge in [-0.2, -0.15) is 0 Å². The second-order valence-corrected chi connectivity index (χ2v) is 5.29. The Bertz CT molecular complexity index is 662. The van der Waals surface area contributed by atoms with Crippen LogP contribution >= 0.6 is 0 Å². The van der Waals surface area contributed by atoms with Crippen LogP contribution in [0.5, 0.6) is 0 Å². The summed E-state index contributed by atoms with van der Waals surface area (Å²) < 4.78 is 13.2. The van der Waals surface area contributed by atoms with E-state index in [4.69, 9.17) is 0 Å². The molecule has 0 saturated carbocycles. The van der Waals surface area contributed by atoms with E-state index in [9.17, 15) is 9.18 Å². The van der Waals surface area contributed by atoms with E-state index in [2.05, 4.69) is 14.8 Å². The number of nitrogens with one attached hydrogen (secondary N) is 1. The second kappa shape index (κ2) is 6.10. The lowest BCUT2D eigenvalue weighted by Gasteiger charge is -2.35. The van der Waals surface area contributed by atoms with Gasteiger partial charge in [0.25, 0.3) is 0 Å². The number of benzene rings is 1. The predicted molar refractivity (Wildman–Crippen MR) is 81.0 cm³/mol. The van der Waals surface area contributed by atoms with Gasteiger partial charge in [0.1, 0.15) is 11.6 Å². The lowest BCUT2D eigenvalue weighted by molar-refractivity contribution is 0.249. The number of rotatable bonds is 3. The Morgan fingerprint density at radius 3 is 2.52 bits per heavy atom. The van der Waals surface area contributed by atoms with Crippen LogP contribution < -0.4 is 10.5 Å². The van der Waals surface area contributed by atoms with Gasteiger partial charge in [-0.3, -0.25) is 9.69 Å². The molecule has 110 valence electrons. The van der Waals surface area contributed by atoms with Crippen LogP contribution in [0.2, 0.25) is 0 Å². The molecule has 1 aliphatic heterocycles. The first kappa shape index (κ1) is 13.8. The average Bonchev–Trinajstić information content (AvgIpc) is 2.48. The minimum absolute atomic E-state index is 0.0744. The molecule has 1 N–H and O–H groups in total. The molecular formula is C16H18FN3O. The van der Waals surface area contributed by atoms with Crippen LogP contribution in [-0.4, -0.2) is 36.1 Å². The fourth-order valence-electron chi connectivity index (χ4n) is 2.66. The molecule has 1 fully saturated rings. The Labute approximate surface area is 122 Å². The van der Waals surface area contributed by atoms with E-state index in [0.29, 0.717) is 0 Å². The van der Waals surface area contributed by atoms with Crippen LogP contribution in [0, 0.1) is 5.82 Å². The van der Waals surface area contributed by atoms with Crippen LogP contribution in [-0.2, 0) is 6.54 Å². The molecule has 0 atom stereocenters. The molecule has 5 heteroatoms. The molecule has 21 heavy (non-hydrogen) atoms. The monoisotopic (exact) mass is 287 g/mol. The first-order valence-electron chi connectivity index (χ1n) is 7.12. The molecule has 0 aliphatic carbocycles. The maximum atomic E-state index is 13.2. The average molecular weight is 287 g/mol. The number of H-pyrrole nitrogens is 1. The number of hydrogen-bond acceptors (Lipinski definition) is 3. The Morgan fingerprint density at radius 2 is 1.81 bits per heavy atom. The number of aromatic nitrogens is 1. The highest BCUT2D eigenvalue weighted by Crippen LogP contribution is 2.14. The standard InChI is InChI=1S/C16H18FN3O/c17-14-4-1-3-13(11-14)12-19-7-9-20(10-8-19)15-5-2-6-16(21)18-15/h1-6,11H,7-10,12H2,(H,18,21). The van der Waals surface area contributed by atoms with E-state index in [1.807, 2.05) is 12.1 Å². The zero-order valence-electron chi connectivity index (χ0n) is 11.8. The SMILES string of the molecule is O=c1cccc(N2CCN(Cc3cccc(F)c3)CC2)[nH]1. The maximum absolute atomic E-state index is 13.2. The fourth-order valence-corrected chi connectivity index (χ4v) is 2.66. The summed E-state index contributed by atoms with van der Waals surface area (Å²) in [5.41, 5.74) is 0.922. The minimum Gasteiger partial charge on any atom is -0.356 e. The zero-order chi connectivity index (χ0) is 14.7. The van der Waals surface area contributed by atoms with Crippen molar-refractivity contribution in [2.75, 3.05) is 31.1 Å². The third kappa shape index (κ3) is 3.49. The van der Waals surface area contributed by atoms with Crippen molar-refractivity contribution in [2.45, 2.75) is 6.54 Å². The van der Waals surface area contributed by atoms with E-state index in [-0.39, 0.29) is 11.4 Å². The molecule has 1 aromatic heterocycles.